The van der Waals surface area contributed by atoms with Gasteiger partial charge in [-0.05, 0) is 24.5 Å². The lowest BCUT2D eigenvalue weighted by Gasteiger charge is -2.14. The average Bonchev–Trinajstić information content (AvgIpc) is 2.51. The lowest BCUT2D eigenvalue weighted by molar-refractivity contribution is 0.0210. The molecule has 0 unspecified atom stereocenters. The van der Waals surface area contributed by atoms with Crippen molar-refractivity contribution in [1.82, 2.24) is 0 Å². The topological polar surface area (TPSA) is 65.0 Å². The van der Waals surface area contributed by atoms with Crippen molar-refractivity contribution in [3.8, 4) is 5.75 Å². The first-order chi connectivity index (χ1) is 10.6. The molecule has 1 aromatic rings. The van der Waals surface area contributed by atoms with E-state index in [0.717, 1.165) is 0 Å². The Bertz CT molecular complexity index is 502. The summed E-state index contributed by atoms with van der Waals surface area (Å²) in [5.41, 5.74) is 0.463. The highest BCUT2D eigenvalue weighted by molar-refractivity contribution is 5.94. The summed E-state index contributed by atoms with van der Waals surface area (Å²) in [5, 5.41) is 9.99. The zero-order valence-electron chi connectivity index (χ0n) is 13.3. The summed E-state index contributed by atoms with van der Waals surface area (Å²) in [6.07, 6.45) is 0.733. The third-order valence-electron chi connectivity index (χ3n) is 3.25. The van der Waals surface area contributed by atoms with Crippen LogP contribution < -0.4 is 0 Å². The van der Waals surface area contributed by atoms with E-state index in [1.807, 2.05) is 0 Å². The Kier molecular flexibility index (Phi) is 7.84. The SMILES string of the molecule is CCc1cc(O)c(C(=O)OCCOCCOC)c(CC)c1F. The van der Waals surface area contributed by atoms with Crippen molar-refractivity contribution in [1.29, 1.82) is 0 Å². The van der Waals surface area contributed by atoms with Crippen molar-refractivity contribution in [2.75, 3.05) is 33.5 Å². The highest BCUT2D eigenvalue weighted by atomic mass is 19.1. The lowest BCUT2D eigenvalue weighted by Crippen LogP contribution is -2.15. The van der Waals surface area contributed by atoms with Crippen molar-refractivity contribution in [3.63, 3.8) is 0 Å². The largest absolute Gasteiger partial charge is 0.507 e. The van der Waals surface area contributed by atoms with Gasteiger partial charge < -0.3 is 19.3 Å². The van der Waals surface area contributed by atoms with Crippen LogP contribution in [0.5, 0.6) is 5.75 Å². The lowest BCUT2D eigenvalue weighted by atomic mass is 9.98. The molecule has 22 heavy (non-hydrogen) atoms. The molecule has 0 amide bonds. The van der Waals surface area contributed by atoms with Crippen molar-refractivity contribution >= 4 is 5.97 Å². The molecule has 124 valence electrons. The summed E-state index contributed by atoms with van der Waals surface area (Å²) in [5.74, 6) is -1.45. The molecule has 1 rings (SSSR count). The van der Waals surface area contributed by atoms with E-state index in [0.29, 0.717) is 31.6 Å². The number of aromatic hydroxyl groups is 1. The normalized spacial score (nSPS) is 10.7. The van der Waals surface area contributed by atoms with Crippen molar-refractivity contribution in [3.05, 3.63) is 28.6 Å². The van der Waals surface area contributed by atoms with Crippen LogP contribution in [0, 0.1) is 5.82 Å². The molecule has 0 heterocycles. The number of hydrogen-bond donors (Lipinski definition) is 1. The smallest absolute Gasteiger partial charge is 0.342 e. The molecule has 0 aliphatic carbocycles. The van der Waals surface area contributed by atoms with Gasteiger partial charge in [0.15, 0.2) is 0 Å². The van der Waals surface area contributed by atoms with Crippen LogP contribution in [0.1, 0.15) is 35.3 Å². The summed E-state index contributed by atoms with van der Waals surface area (Å²) in [4.78, 5) is 12.1. The summed E-state index contributed by atoms with van der Waals surface area (Å²) in [7, 11) is 1.56. The van der Waals surface area contributed by atoms with Gasteiger partial charge in [-0.3, -0.25) is 0 Å². The van der Waals surface area contributed by atoms with Gasteiger partial charge in [0.25, 0.3) is 0 Å². The highest BCUT2D eigenvalue weighted by Gasteiger charge is 2.22. The molecule has 0 spiro atoms. The third kappa shape index (κ3) is 4.68. The number of esters is 1. The quantitative estimate of drug-likeness (QED) is 0.560. The summed E-state index contributed by atoms with van der Waals surface area (Å²) in [6.45, 7) is 4.61. The Morgan fingerprint density at radius 1 is 1.18 bits per heavy atom. The first-order valence-corrected chi connectivity index (χ1v) is 7.33. The number of phenols is 1. The standard InChI is InChI=1S/C16H23FO5/c1-4-11-10-13(18)14(12(5-2)15(11)17)16(19)22-9-8-21-7-6-20-3/h10,18H,4-9H2,1-3H3. The minimum absolute atomic E-state index is 0.0300. The number of hydrogen-bond acceptors (Lipinski definition) is 5. The van der Waals surface area contributed by atoms with Crippen LogP contribution in [-0.4, -0.2) is 44.6 Å². The maximum atomic E-state index is 14.2. The molecule has 0 saturated heterocycles. The maximum absolute atomic E-state index is 14.2. The molecule has 0 aromatic heterocycles. The van der Waals surface area contributed by atoms with E-state index < -0.39 is 11.8 Å². The second-order valence-electron chi connectivity index (χ2n) is 4.67. The van der Waals surface area contributed by atoms with E-state index in [9.17, 15) is 14.3 Å². The predicted molar refractivity (Wildman–Crippen MR) is 79.8 cm³/mol. The summed E-state index contributed by atoms with van der Waals surface area (Å²) >= 11 is 0. The minimum atomic E-state index is -0.744. The zero-order chi connectivity index (χ0) is 16.5. The molecule has 0 bridgehead atoms. The summed E-state index contributed by atoms with van der Waals surface area (Å²) in [6, 6.07) is 1.28. The van der Waals surface area contributed by atoms with E-state index >= 15 is 0 Å². The van der Waals surface area contributed by atoms with Crippen LogP contribution in [0.3, 0.4) is 0 Å². The van der Waals surface area contributed by atoms with Gasteiger partial charge >= 0.3 is 5.97 Å². The van der Waals surface area contributed by atoms with Crippen LogP contribution in [-0.2, 0) is 27.1 Å². The number of methoxy groups -OCH3 is 1. The molecule has 0 fully saturated rings. The van der Waals surface area contributed by atoms with Crippen LogP contribution in [0.25, 0.3) is 0 Å². The van der Waals surface area contributed by atoms with Gasteiger partial charge in [-0.25, -0.2) is 9.18 Å². The van der Waals surface area contributed by atoms with E-state index in [1.165, 1.54) is 6.07 Å². The number of benzene rings is 1. The second-order valence-corrected chi connectivity index (χ2v) is 4.67. The number of ether oxygens (including phenoxy) is 3. The fraction of sp³-hybridized carbons (Fsp3) is 0.562. The number of carbonyl (C=O) groups excluding carboxylic acids is 1. The molecule has 0 atom stereocenters. The van der Waals surface area contributed by atoms with Crippen LogP contribution in [0.4, 0.5) is 4.39 Å². The van der Waals surface area contributed by atoms with E-state index in [-0.39, 0.29) is 30.1 Å². The minimum Gasteiger partial charge on any atom is -0.507 e. The molecular formula is C16H23FO5. The van der Waals surface area contributed by atoms with Gasteiger partial charge in [0.2, 0.25) is 0 Å². The number of phenolic OH excluding ortho intramolecular Hbond substituents is 1. The second kappa shape index (κ2) is 9.38. The van der Waals surface area contributed by atoms with Crippen molar-refractivity contribution in [2.24, 2.45) is 0 Å². The van der Waals surface area contributed by atoms with Crippen LogP contribution in [0.15, 0.2) is 6.07 Å². The van der Waals surface area contributed by atoms with Gasteiger partial charge in [-0.1, -0.05) is 13.8 Å². The van der Waals surface area contributed by atoms with Crippen LogP contribution in [0.2, 0.25) is 0 Å². The molecule has 1 aromatic carbocycles. The van der Waals surface area contributed by atoms with Gasteiger partial charge in [0.05, 0.1) is 19.8 Å². The Morgan fingerprint density at radius 2 is 1.86 bits per heavy atom. The molecule has 0 aliphatic rings. The molecule has 0 aliphatic heterocycles. The molecule has 1 N–H and O–H groups in total. The van der Waals surface area contributed by atoms with Gasteiger partial charge in [-0.15, -0.1) is 0 Å². The van der Waals surface area contributed by atoms with E-state index in [1.54, 1.807) is 21.0 Å². The number of carbonyl (C=O) groups is 1. The van der Waals surface area contributed by atoms with E-state index in [4.69, 9.17) is 14.2 Å². The third-order valence-corrected chi connectivity index (χ3v) is 3.25. The van der Waals surface area contributed by atoms with Gasteiger partial charge in [0, 0.05) is 12.7 Å². The Morgan fingerprint density at radius 3 is 2.45 bits per heavy atom. The molecule has 6 heteroatoms. The Hall–Kier alpha value is -1.66. The zero-order valence-corrected chi connectivity index (χ0v) is 13.3. The summed E-state index contributed by atoms with van der Waals surface area (Å²) < 4.78 is 29.3. The molecule has 0 radical (unpaired) electrons. The first-order valence-electron chi connectivity index (χ1n) is 7.33. The van der Waals surface area contributed by atoms with Gasteiger partial charge in [0.1, 0.15) is 23.7 Å². The Balaban J connectivity index is 2.74. The van der Waals surface area contributed by atoms with Crippen molar-refractivity contribution < 1.29 is 28.5 Å². The van der Waals surface area contributed by atoms with E-state index in [2.05, 4.69) is 0 Å². The predicted octanol–water partition coefficient (Wildman–Crippen LogP) is 2.48. The maximum Gasteiger partial charge on any atom is 0.342 e. The monoisotopic (exact) mass is 314 g/mol. The van der Waals surface area contributed by atoms with Crippen molar-refractivity contribution in [2.45, 2.75) is 26.7 Å². The highest BCUT2D eigenvalue weighted by Crippen LogP contribution is 2.28. The molecular weight excluding hydrogens is 291 g/mol. The fourth-order valence-corrected chi connectivity index (χ4v) is 2.09. The Labute approximate surface area is 130 Å². The van der Waals surface area contributed by atoms with Gasteiger partial charge in [-0.2, -0.15) is 0 Å². The number of halogens is 1. The molecule has 5 nitrogen and oxygen atoms in total. The average molecular weight is 314 g/mol. The van der Waals surface area contributed by atoms with Crippen LogP contribution >= 0.6 is 0 Å². The molecule has 0 saturated carbocycles. The number of rotatable bonds is 9. The first kappa shape index (κ1) is 18.4. The number of aryl methyl sites for hydroxylation is 1. The fourth-order valence-electron chi connectivity index (χ4n) is 2.09.